The molecule has 1 aromatic heterocycles. The predicted molar refractivity (Wildman–Crippen MR) is 82.4 cm³/mol. The first kappa shape index (κ1) is 15.5. The number of nitrogens with zero attached hydrogens (tertiary/aromatic N) is 2. The van der Waals surface area contributed by atoms with Gasteiger partial charge >= 0.3 is 0 Å². The zero-order chi connectivity index (χ0) is 14.9. The van der Waals surface area contributed by atoms with Crippen LogP contribution in [0, 0.1) is 12.7 Å². The second-order valence-electron chi connectivity index (χ2n) is 4.65. The van der Waals surface area contributed by atoms with E-state index in [1.165, 1.54) is 6.07 Å². The number of benzene rings is 1. The topological polar surface area (TPSA) is 43.8 Å². The van der Waals surface area contributed by atoms with Crippen molar-refractivity contribution in [3.05, 3.63) is 50.5 Å². The van der Waals surface area contributed by atoms with Gasteiger partial charge in [-0.2, -0.15) is 5.10 Å². The minimum atomic E-state index is -0.323. The zero-order valence-electron chi connectivity index (χ0n) is 11.3. The summed E-state index contributed by atoms with van der Waals surface area (Å²) in [6.45, 7) is 4.59. The average Bonchev–Trinajstić information content (AvgIpc) is 2.69. The van der Waals surface area contributed by atoms with Gasteiger partial charge in [0.2, 0.25) is 0 Å². The van der Waals surface area contributed by atoms with Crippen molar-refractivity contribution in [1.29, 1.82) is 0 Å². The molecule has 2 aromatic rings. The highest BCUT2D eigenvalue weighted by Gasteiger charge is 2.17. The second kappa shape index (κ2) is 6.24. The maximum atomic E-state index is 13.6. The predicted octanol–water partition coefficient (Wildman–Crippen LogP) is 4.01. The fourth-order valence-electron chi connectivity index (χ4n) is 2.13. The molecule has 1 aromatic carbocycles. The van der Waals surface area contributed by atoms with Crippen LogP contribution in [0.4, 0.5) is 4.39 Å². The summed E-state index contributed by atoms with van der Waals surface area (Å²) in [7, 11) is 0. The average molecular weight is 361 g/mol. The molecule has 1 heterocycles. The van der Waals surface area contributed by atoms with Gasteiger partial charge in [-0.25, -0.2) is 4.39 Å². The van der Waals surface area contributed by atoms with Gasteiger partial charge in [0, 0.05) is 19.0 Å². The Morgan fingerprint density at radius 3 is 2.80 bits per heavy atom. The molecular formula is C14H16BrClFN3. The Kier molecular flexibility index (Phi) is 4.83. The molecule has 0 radical (unpaired) electrons. The summed E-state index contributed by atoms with van der Waals surface area (Å²) in [6, 6.07) is 4.60. The molecule has 108 valence electrons. The zero-order valence-corrected chi connectivity index (χ0v) is 13.7. The third kappa shape index (κ3) is 3.05. The highest BCUT2D eigenvalue weighted by atomic mass is 79.9. The van der Waals surface area contributed by atoms with Crippen LogP contribution in [0.3, 0.4) is 0 Å². The maximum Gasteiger partial charge on any atom is 0.137 e. The SMILES string of the molecule is CCn1nc(C)c(Cl)c1CC(N)c1ccc(Br)c(F)c1. The first-order valence-electron chi connectivity index (χ1n) is 6.36. The molecule has 0 aliphatic carbocycles. The highest BCUT2D eigenvalue weighted by molar-refractivity contribution is 9.10. The summed E-state index contributed by atoms with van der Waals surface area (Å²) in [5.41, 5.74) is 8.59. The van der Waals surface area contributed by atoms with Crippen molar-refractivity contribution in [2.75, 3.05) is 0 Å². The van der Waals surface area contributed by atoms with Crippen LogP contribution in [0.1, 0.15) is 29.9 Å². The normalized spacial score (nSPS) is 12.7. The number of halogens is 3. The molecule has 0 aliphatic heterocycles. The molecule has 0 aliphatic rings. The molecule has 20 heavy (non-hydrogen) atoms. The summed E-state index contributed by atoms with van der Waals surface area (Å²) in [5, 5.41) is 4.99. The lowest BCUT2D eigenvalue weighted by Gasteiger charge is -2.14. The van der Waals surface area contributed by atoms with E-state index in [9.17, 15) is 4.39 Å². The van der Waals surface area contributed by atoms with Gasteiger partial charge in [-0.1, -0.05) is 17.7 Å². The molecule has 0 amide bonds. The van der Waals surface area contributed by atoms with E-state index in [2.05, 4.69) is 21.0 Å². The standard InChI is InChI=1S/C14H16BrClFN3/c1-3-20-13(14(16)8(2)19-20)7-12(18)9-4-5-10(15)11(17)6-9/h4-6,12H,3,7,18H2,1-2H3. The van der Waals surface area contributed by atoms with Crippen LogP contribution in [-0.4, -0.2) is 9.78 Å². The quantitative estimate of drug-likeness (QED) is 0.895. The number of hydrogen-bond donors (Lipinski definition) is 1. The van der Waals surface area contributed by atoms with E-state index >= 15 is 0 Å². The first-order valence-corrected chi connectivity index (χ1v) is 7.53. The number of rotatable bonds is 4. The van der Waals surface area contributed by atoms with Gasteiger partial charge in [0.1, 0.15) is 5.82 Å². The maximum absolute atomic E-state index is 13.6. The molecule has 2 rings (SSSR count). The van der Waals surface area contributed by atoms with Gasteiger partial charge in [-0.15, -0.1) is 0 Å². The van der Waals surface area contributed by atoms with Crippen LogP contribution in [-0.2, 0) is 13.0 Å². The number of aromatic nitrogens is 2. The number of hydrogen-bond acceptors (Lipinski definition) is 2. The van der Waals surface area contributed by atoms with E-state index in [4.69, 9.17) is 17.3 Å². The molecule has 0 fully saturated rings. The first-order chi connectivity index (χ1) is 9.43. The molecule has 0 saturated heterocycles. The summed E-state index contributed by atoms with van der Waals surface area (Å²) >= 11 is 9.39. The fraction of sp³-hybridized carbons (Fsp3) is 0.357. The van der Waals surface area contributed by atoms with Crippen molar-refractivity contribution < 1.29 is 4.39 Å². The van der Waals surface area contributed by atoms with Crippen molar-refractivity contribution >= 4 is 27.5 Å². The minimum Gasteiger partial charge on any atom is -0.324 e. The van der Waals surface area contributed by atoms with Crippen molar-refractivity contribution in [2.24, 2.45) is 5.73 Å². The van der Waals surface area contributed by atoms with E-state index in [1.807, 2.05) is 24.6 Å². The third-order valence-electron chi connectivity index (χ3n) is 3.24. The Morgan fingerprint density at radius 1 is 1.50 bits per heavy atom. The molecule has 3 nitrogen and oxygen atoms in total. The van der Waals surface area contributed by atoms with Crippen LogP contribution in [0.5, 0.6) is 0 Å². The van der Waals surface area contributed by atoms with Gasteiger partial charge in [0.05, 0.1) is 20.9 Å². The monoisotopic (exact) mass is 359 g/mol. The summed E-state index contributed by atoms with van der Waals surface area (Å²) in [5.74, 6) is -0.316. The van der Waals surface area contributed by atoms with Crippen LogP contribution >= 0.6 is 27.5 Å². The molecule has 1 unspecified atom stereocenters. The van der Waals surface area contributed by atoms with Gasteiger partial charge in [0.15, 0.2) is 0 Å². The van der Waals surface area contributed by atoms with Crippen molar-refractivity contribution in [2.45, 2.75) is 32.9 Å². The lowest BCUT2D eigenvalue weighted by atomic mass is 10.0. The van der Waals surface area contributed by atoms with Crippen LogP contribution < -0.4 is 5.73 Å². The lowest BCUT2D eigenvalue weighted by Crippen LogP contribution is -2.16. The largest absolute Gasteiger partial charge is 0.324 e. The summed E-state index contributed by atoms with van der Waals surface area (Å²) in [6.07, 6.45) is 0.522. The molecular weight excluding hydrogens is 345 g/mol. The van der Waals surface area contributed by atoms with Gasteiger partial charge < -0.3 is 5.73 Å². The Hall–Kier alpha value is -0.910. The van der Waals surface area contributed by atoms with Gasteiger partial charge in [-0.05, 0) is 47.5 Å². The van der Waals surface area contributed by atoms with Crippen molar-refractivity contribution in [3.8, 4) is 0 Å². The Morgan fingerprint density at radius 2 is 2.20 bits per heavy atom. The number of aryl methyl sites for hydroxylation is 2. The smallest absolute Gasteiger partial charge is 0.137 e. The van der Waals surface area contributed by atoms with Gasteiger partial charge in [-0.3, -0.25) is 4.68 Å². The van der Waals surface area contributed by atoms with E-state index in [0.29, 0.717) is 15.9 Å². The lowest BCUT2D eigenvalue weighted by molar-refractivity contribution is 0.581. The Bertz CT molecular complexity index is 627. The van der Waals surface area contributed by atoms with Crippen LogP contribution in [0.25, 0.3) is 0 Å². The van der Waals surface area contributed by atoms with Crippen molar-refractivity contribution in [3.63, 3.8) is 0 Å². The van der Waals surface area contributed by atoms with E-state index in [-0.39, 0.29) is 11.9 Å². The van der Waals surface area contributed by atoms with E-state index in [1.54, 1.807) is 6.07 Å². The van der Waals surface area contributed by atoms with E-state index in [0.717, 1.165) is 23.5 Å². The molecule has 1 atom stereocenters. The third-order valence-corrected chi connectivity index (χ3v) is 4.37. The van der Waals surface area contributed by atoms with Gasteiger partial charge in [0.25, 0.3) is 0 Å². The highest BCUT2D eigenvalue weighted by Crippen LogP contribution is 2.26. The fourth-order valence-corrected chi connectivity index (χ4v) is 2.59. The van der Waals surface area contributed by atoms with Crippen LogP contribution in [0.2, 0.25) is 5.02 Å². The molecule has 0 bridgehead atoms. The summed E-state index contributed by atoms with van der Waals surface area (Å²) < 4.78 is 15.8. The second-order valence-corrected chi connectivity index (χ2v) is 5.88. The molecule has 0 spiro atoms. The molecule has 0 saturated carbocycles. The number of nitrogens with two attached hydrogens (primary N) is 1. The summed E-state index contributed by atoms with van der Waals surface area (Å²) in [4.78, 5) is 0. The Balaban J connectivity index is 2.27. The van der Waals surface area contributed by atoms with Crippen molar-refractivity contribution in [1.82, 2.24) is 9.78 Å². The molecule has 2 N–H and O–H groups in total. The van der Waals surface area contributed by atoms with Crippen LogP contribution in [0.15, 0.2) is 22.7 Å². The van der Waals surface area contributed by atoms with E-state index < -0.39 is 0 Å². The minimum absolute atomic E-state index is 0.316. The Labute approximate surface area is 131 Å². The molecule has 6 heteroatoms.